The predicted molar refractivity (Wildman–Crippen MR) is 81.0 cm³/mol. The quantitative estimate of drug-likeness (QED) is 0.788. The summed E-state index contributed by atoms with van der Waals surface area (Å²) in [6, 6.07) is 11.8. The smallest absolute Gasteiger partial charge is 0.224 e. The molecule has 0 aliphatic carbocycles. The summed E-state index contributed by atoms with van der Waals surface area (Å²) >= 11 is 0. The maximum Gasteiger partial charge on any atom is 0.224 e. The lowest BCUT2D eigenvalue weighted by molar-refractivity contribution is -0.116. The highest BCUT2D eigenvalue weighted by molar-refractivity contribution is 5.90. The van der Waals surface area contributed by atoms with Gasteiger partial charge >= 0.3 is 0 Å². The van der Waals surface area contributed by atoms with Gasteiger partial charge in [-0.2, -0.15) is 0 Å². The third-order valence-corrected chi connectivity index (χ3v) is 3.34. The zero-order chi connectivity index (χ0) is 15.4. The molecule has 2 aromatic heterocycles. The third kappa shape index (κ3) is 3.11. The van der Waals surface area contributed by atoms with E-state index < -0.39 is 5.82 Å². The molecule has 0 spiro atoms. The largest absolute Gasteiger partial charge is 0.324 e. The van der Waals surface area contributed by atoms with Crippen molar-refractivity contribution >= 4 is 17.2 Å². The summed E-state index contributed by atoms with van der Waals surface area (Å²) in [5.74, 6) is 0.174. The van der Waals surface area contributed by atoms with Crippen LogP contribution in [-0.2, 0) is 11.2 Å². The number of rotatable bonds is 5. The summed E-state index contributed by atoms with van der Waals surface area (Å²) in [6.07, 6.45) is 3.45. The average molecular weight is 298 g/mol. The Morgan fingerprint density at radius 1 is 1.14 bits per heavy atom. The number of pyridine rings is 1. The third-order valence-electron chi connectivity index (χ3n) is 3.34. The van der Waals surface area contributed by atoms with E-state index in [-0.39, 0.29) is 11.6 Å². The maximum absolute atomic E-state index is 13.4. The van der Waals surface area contributed by atoms with E-state index in [0.717, 1.165) is 11.5 Å². The second-order valence-electron chi connectivity index (χ2n) is 4.93. The normalized spacial score (nSPS) is 10.8. The number of nitrogens with zero attached hydrogens (tertiary/aromatic N) is 3. The summed E-state index contributed by atoms with van der Waals surface area (Å²) in [4.78, 5) is 11.8. The van der Waals surface area contributed by atoms with Crippen molar-refractivity contribution in [3.05, 3.63) is 60.3 Å². The van der Waals surface area contributed by atoms with E-state index in [1.165, 1.54) is 6.07 Å². The van der Waals surface area contributed by atoms with Crippen molar-refractivity contribution in [3.63, 3.8) is 0 Å². The van der Waals surface area contributed by atoms with Crippen LogP contribution >= 0.6 is 0 Å². The van der Waals surface area contributed by atoms with Crippen LogP contribution in [0.3, 0.4) is 0 Å². The minimum absolute atomic E-state index is 0.209. The number of para-hydroxylation sites is 1. The van der Waals surface area contributed by atoms with Crippen molar-refractivity contribution in [2.75, 3.05) is 5.32 Å². The molecule has 3 aromatic rings. The predicted octanol–water partition coefficient (Wildman–Crippen LogP) is 2.83. The first-order valence-electron chi connectivity index (χ1n) is 7.07. The first kappa shape index (κ1) is 14.2. The number of fused-ring (bicyclic) bond motifs is 1. The Morgan fingerprint density at radius 2 is 1.95 bits per heavy atom. The van der Waals surface area contributed by atoms with Crippen molar-refractivity contribution in [1.29, 1.82) is 0 Å². The molecule has 1 amide bonds. The lowest BCUT2D eigenvalue weighted by Gasteiger charge is -2.05. The minimum Gasteiger partial charge on any atom is -0.324 e. The van der Waals surface area contributed by atoms with Crippen LogP contribution < -0.4 is 5.32 Å². The van der Waals surface area contributed by atoms with Crippen LogP contribution in [0.25, 0.3) is 5.65 Å². The summed E-state index contributed by atoms with van der Waals surface area (Å²) in [5.41, 5.74) is 0.994. The zero-order valence-electron chi connectivity index (χ0n) is 11.9. The van der Waals surface area contributed by atoms with Crippen molar-refractivity contribution in [1.82, 2.24) is 14.6 Å². The van der Waals surface area contributed by atoms with E-state index in [1.54, 1.807) is 18.2 Å². The fourth-order valence-corrected chi connectivity index (χ4v) is 2.24. The molecule has 0 atom stereocenters. The first-order chi connectivity index (χ1) is 10.7. The standard InChI is InChI=1S/C16H15FN4O/c17-12-6-1-2-7-13(12)18-16(22)10-5-9-15-20-19-14-8-3-4-11-21(14)15/h1-4,6-8,11H,5,9-10H2,(H,18,22). The molecule has 0 fully saturated rings. The van der Waals surface area contributed by atoms with Gasteiger partial charge in [-0.1, -0.05) is 18.2 Å². The number of halogens is 1. The number of aromatic nitrogens is 3. The summed E-state index contributed by atoms with van der Waals surface area (Å²) < 4.78 is 15.3. The Bertz CT molecular complexity index is 799. The van der Waals surface area contributed by atoms with Gasteiger partial charge in [0.05, 0.1) is 5.69 Å². The van der Waals surface area contributed by atoms with Gasteiger partial charge in [0.15, 0.2) is 5.65 Å². The van der Waals surface area contributed by atoms with E-state index in [2.05, 4.69) is 15.5 Å². The van der Waals surface area contributed by atoms with E-state index in [4.69, 9.17) is 0 Å². The number of benzene rings is 1. The fraction of sp³-hybridized carbons (Fsp3) is 0.188. The number of aryl methyl sites for hydroxylation is 1. The van der Waals surface area contributed by atoms with E-state index in [9.17, 15) is 9.18 Å². The maximum atomic E-state index is 13.4. The molecule has 5 nitrogen and oxygen atoms in total. The van der Waals surface area contributed by atoms with Gasteiger partial charge in [-0.15, -0.1) is 10.2 Å². The summed E-state index contributed by atoms with van der Waals surface area (Å²) in [7, 11) is 0. The number of anilines is 1. The molecule has 0 saturated carbocycles. The highest BCUT2D eigenvalue weighted by Crippen LogP contribution is 2.13. The van der Waals surface area contributed by atoms with Crippen molar-refractivity contribution in [3.8, 4) is 0 Å². The van der Waals surface area contributed by atoms with Crippen LogP contribution in [0.2, 0.25) is 0 Å². The van der Waals surface area contributed by atoms with Gasteiger partial charge in [0.25, 0.3) is 0 Å². The van der Waals surface area contributed by atoms with Gasteiger partial charge in [-0.3, -0.25) is 9.20 Å². The van der Waals surface area contributed by atoms with Crippen molar-refractivity contribution in [2.24, 2.45) is 0 Å². The van der Waals surface area contributed by atoms with E-state index in [0.29, 0.717) is 19.3 Å². The molecule has 0 unspecified atom stereocenters. The van der Waals surface area contributed by atoms with Crippen molar-refractivity contribution < 1.29 is 9.18 Å². The summed E-state index contributed by atoms with van der Waals surface area (Å²) in [6.45, 7) is 0. The zero-order valence-corrected chi connectivity index (χ0v) is 11.9. The summed E-state index contributed by atoms with van der Waals surface area (Å²) in [5, 5.41) is 10.7. The number of carbonyl (C=O) groups excluding carboxylic acids is 1. The van der Waals surface area contributed by atoms with E-state index in [1.807, 2.05) is 28.8 Å². The molecule has 3 rings (SSSR count). The number of hydrogen-bond donors (Lipinski definition) is 1. The molecule has 0 saturated heterocycles. The Morgan fingerprint density at radius 3 is 2.82 bits per heavy atom. The molecule has 112 valence electrons. The molecule has 0 radical (unpaired) electrons. The second kappa shape index (κ2) is 6.34. The Hall–Kier alpha value is -2.76. The van der Waals surface area contributed by atoms with Crippen LogP contribution in [0.15, 0.2) is 48.7 Å². The van der Waals surface area contributed by atoms with Crippen LogP contribution in [0.5, 0.6) is 0 Å². The van der Waals surface area contributed by atoms with Crippen LogP contribution in [0, 0.1) is 5.82 Å². The molecule has 6 heteroatoms. The van der Waals surface area contributed by atoms with Gasteiger partial charge in [0.2, 0.25) is 5.91 Å². The number of amides is 1. The first-order valence-corrected chi connectivity index (χ1v) is 7.07. The Labute approximate surface area is 126 Å². The minimum atomic E-state index is -0.431. The number of nitrogens with one attached hydrogen (secondary N) is 1. The number of hydrogen-bond acceptors (Lipinski definition) is 3. The van der Waals surface area contributed by atoms with Gasteiger partial charge in [0, 0.05) is 19.0 Å². The molecule has 0 aliphatic heterocycles. The molecule has 0 bridgehead atoms. The van der Waals surface area contributed by atoms with Gasteiger partial charge in [-0.05, 0) is 30.7 Å². The molecule has 22 heavy (non-hydrogen) atoms. The van der Waals surface area contributed by atoms with Gasteiger partial charge in [-0.25, -0.2) is 4.39 Å². The molecule has 1 aromatic carbocycles. The second-order valence-corrected chi connectivity index (χ2v) is 4.93. The molecular weight excluding hydrogens is 283 g/mol. The highest BCUT2D eigenvalue weighted by atomic mass is 19.1. The molecule has 2 heterocycles. The Kier molecular flexibility index (Phi) is 4.09. The lowest BCUT2D eigenvalue weighted by atomic mass is 10.2. The monoisotopic (exact) mass is 298 g/mol. The van der Waals surface area contributed by atoms with Crippen LogP contribution in [0.1, 0.15) is 18.7 Å². The molecule has 1 N–H and O–H groups in total. The SMILES string of the molecule is O=C(CCCc1nnc2ccccn12)Nc1ccccc1F. The van der Waals surface area contributed by atoms with Crippen molar-refractivity contribution in [2.45, 2.75) is 19.3 Å². The van der Waals surface area contributed by atoms with Crippen LogP contribution in [0.4, 0.5) is 10.1 Å². The average Bonchev–Trinajstić information content (AvgIpc) is 2.93. The van der Waals surface area contributed by atoms with Gasteiger partial charge < -0.3 is 5.32 Å². The molecule has 0 aliphatic rings. The van der Waals surface area contributed by atoms with Gasteiger partial charge in [0.1, 0.15) is 11.6 Å². The Balaban J connectivity index is 1.55. The number of carbonyl (C=O) groups is 1. The topological polar surface area (TPSA) is 59.3 Å². The molecular formula is C16H15FN4O. The lowest BCUT2D eigenvalue weighted by Crippen LogP contribution is -2.12. The fourth-order valence-electron chi connectivity index (χ4n) is 2.24. The highest BCUT2D eigenvalue weighted by Gasteiger charge is 2.08. The van der Waals surface area contributed by atoms with E-state index >= 15 is 0 Å². The van der Waals surface area contributed by atoms with Crippen LogP contribution in [-0.4, -0.2) is 20.5 Å².